The number of fused-ring (bicyclic) bond motifs is 2. The molecule has 200 valence electrons. The van der Waals surface area contributed by atoms with Crippen molar-refractivity contribution in [3.8, 4) is 11.8 Å². The number of hydrogen-bond donors (Lipinski definition) is 1. The van der Waals surface area contributed by atoms with Gasteiger partial charge in [-0.2, -0.15) is 5.26 Å². The van der Waals surface area contributed by atoms with Gasteiger partial charge in [0, 0.05) is 31.0 Å². The molecule has 1 saturated carbocycles. The molecule has 1 amide bonds. The molecular formula is C28H25FN4O6. The summed E-state index contributed by atoms with van der Waals surface area (Å²) in [6, 6.07) is 8.77. The Labute approximate surface area is 222 Å². The maximum absolute atomic E-state index is 15.8. The molecule has 2 fully saturated rings. The summed E-state index contributed by atoms with van der Waals surface area (Å²) in [5.74, 6) is -1.80. The van der Waals surface area contributed by atoms with Gasteiger partial charge in [-0.05, 0) is 55.0 Å². The first-order valence-corrected chi connectivity index (χ1v) is 12.7. The number of pyridine rings is 1. The number of halogens is 1. The molecule has 6 rings (SSSR count). The van der Waals surface area contributed by atoms with Gasteiger partial charge in [-0.25, -0.2) is 14.0 Å². The summed E-state index contributed by atoms with van der Waals surface area (Å²) >= 11 is 0. The van der Waals surface area contributed by atoms with Crippen LogP contribution in [0, 0.1) is 17.1 Å². The summed E-state index contributed by atoms with van der Waals surface area (Å²) in [5, 5.41) is 18.6. The predicted octanol–water partition coefficient (Wildman–Crippen LogP) is 3.64. The Bertz CT molecular complexity index is 1640. The van der Waals surface area contributed by atoms with Crippen molar-refractivity contribution in [3.63, 3.8) is 0 Å². The van der Waals surface area contributed by atoms with E-state index in [1.54, 1.807) is 4.57 Å². The number of anilines is 2. The van der Waals surface area contributed by atoms with E-state index in [4.69, 9.17) is 14.7 Å². The van der Waals surface area contributed by atoms with Gasteiger partial charge in [-0.15, -0.1) is 0 Å². The molecule has 2 aliphatic heterocycles. The Morgan fingerprint density at radius 3 is 2.56 bits per heavy atom. The third-order valence-electron chi connectivity index (χ3n) is 7.65. The average Bonchev–Trinajstić information content (AvgIpc) is 3.72. The highest BCUT2D eigenvalue weighted by Crippen LogP contribution is 2.44. The van der Waals surface area contributed by atoms with Crippen LogP contribution < -0.4 is 20.0 Å². The van der Waals surface area contributed by atoms with Crippen molar-refractivity contribution >= 4 is 34.3 Å². The minimum Gasteiger partial charge on any atom is -0.492 e. The number of aromatic carboxylic acids is 1. The summed E-state index contributed by atoms with van der Waals surface area (Å²) in [4.78, 5) is 40.3. The van der Waals surface area contributed by atoms with E-state index in [0.717, 1.165) is 30.0 Å². The number of benzene rings is 2. The van der Waals surface area contributed by atoms with Gasteiger partial charge < -0.3 is 24.0 Å². The van der Waals surface area contributed by atoms with E-state index in [-0.39, 0.29) is 29.4 Å². The number of hydrogen-bond acceptors (Lipinski definition) is 7. The molecule has 1 N–H and O–H groups in total. The van der Waals surface area contributed by atoms with Crippen LogP contribution in [0.1, 0.15) is 40.4 Å². The molecule has 3 aromatic rings. The first-order chi connectivity index (χ1) is 18.8. The number of nitriles is 1. The number of carboxylic acids is 1. The Hall–Kier alpha value is -4.59. The highest BCUT2D eigenvalue weighted by molar-refractivity contribution is 5.97. The lowest BCUT2D eigenvalue weighted by atomic mass is 10.0. The lowest BCUT2D eigenvalue weighted by Crippen LogP contribution is -2.28. The molecule has 1 atom stereocenters. The van der Waals surface area contributed by atoms with Crippen LogP contribution in [0.15, 0.2) is 35.3 Å². The molecule has 1 saturated heterocycles. The van der Waals surface area contributed by atoms with Crippen LogP contribution in [0.25, 0.3) is 10.9 Å². The van der Waals surface area contributed by atoms with Gasteiger partial charge in [0.2, 0.25) is 11.5 Å². The molecular weight excluding hydrogens is 507 g/mol. The standard InChI is InChI=1S/C28H25FN4O6/c1-38-26-23-20(25(34)21(27(35)36)14-32(23)17-4-5-17)11-22(29)24(26)31-8-6-15-2-3-18(10-16(15)7-9-31)33-13-19(12-30)39-28(33)37/h2-3,10-11,14,17,19H,4-9,13H2,1H3,(H,35,36). The quantitative estimate of drug-likeness (QED) is 0.528. The number of carbonyl (C=O) groups is 2. The fourth-order valence-corrected chi connectivity index (χ4v) is 5.57. The monoisotopic (exact) mass is 532 g/mol. The normalized spacial score (nSPS) is 18.9. The predicted molar refractivity (Wildman–Crippen MR) is 139 cm³/mol. The third-order valence-corrected chi connectivity index (χ3v) is 7.65. The molecule has 0 spiro atoms. The number of amides is 1. The lowest BCUT2D eigenvalue weighted by Gasteiger charge is -2.27. The topological polar surface area (TPSA) is 125 Å². The van der Waals surface area contributed by atoms with Gasteiger partial charge in [-0.1, -0.05) is 6.07 Å². The Balaban J connectivity index is 1.38. The number of rotatable bonds is 5. The molecule has 3 aliphatic rings. The fraction of sp³-hybridized carbons (Fsp3) is 0.357. The van der Waals surface area contributed by atoms with Crippen LogP contribution in [-0.2, 0) is 17.6 Å². The van der Waals surface area contributed by atoms with Gasteiger partial charge in [-0.3, -0.25) is 9.69 Å². The summed E-state index contributed by atoms with van der Waals surface area (Å²) in [5.41, 5.74) is 2.20. The lowest BCUT2D eigenvalue weighted by molar-refractivity contribution is 0.0694. The van der Waals surface area contributed by atoms with Crippen LogP contribution in [0.2, 0.25) is 0 Å². The molecule has 2 aromatic carbocycles. The molecule has 1 unspecified atom stereocenters. The van der Waals surface area contributed by atoms with E-state index >= 15 is 4.39 Å². The maximum atomic E-state index is 15.8. The van der Waals surface area contributed by atoms with Crippen LogP contribution in [0.3, 0.4) is 0 Å². The molecule has 3 heterocycles. The number of carboxylic acid groups (broad SMARTS) is 1. The molecule has 39 heavy (non-hydrogen) atoms. The SMILES string of the molecule is COc1c(N2CCc3ccc(N4CC(C#N)OC4=O)cc3CC2)c(F)cc2c(=O)c(C(=O)O)cn(C3CC3)c12. The van der Waals surface area contributed by atoms with Crippen molar-refractivity contribution in [1.29, 1.82) is 5.26 Å². The van der Waals surface area contributed by atoms with Gasteiger partial charge in [0.25, 0.3) is 0 Å². The Morgan fingerprint density at radius 1 is 1.18 bits per heavy atom. The number of ether oxygens (including phenoxy) is 2. The molecule has 0 bridgehead atoms. The van der Waals surface area contributed by atoms with E-state index in [9.17, 15) is 19.5 Å². The van der Waals surface area contributed by atoms with Crippen LogP contribution in [0.5, 0.6) is 5.75 Å². The zero-order valence-corrected chi connectivity index (χ0v) is 21.1. The molecule has 1 aromatic heterocycles. The third kappa shape index (κ3) is 4.12. The average molecular weight is 533 g/mol. The van der Waals surface area contributed by atoms with E-state index in [0.29, 0.717) is 37.1 Å². The zero-order chi connectivity index (χ0) is 27.4. The maximum Gasteiger partial charge on any atom is 0.415 e. The van der Waals surface area contributed by atoms with Crippen molar-refractivity contribution in [1.82, 2.24) is 4.57 Å². The molecule has 0 radical (unpaired) electrons. The fourth-order valence-electron chi connectivity index (χ4n) is 5.57. The van der Waals surface area contributed by atoms with E-state index in [2.05, 4.69) is 0 Å². The van der Waals surface area contributed by atoms with Crippen molar-refractivity contribution in [2.45, 2.75) is 37.8 Å². The first-order valence-electron chi connectivity index (χ1n) is 12.7. The number of carbonyl (C=O) groups excluding carboxylic acids is 1. The smallest absolute Gasteiger partial charge is 0.415 e. The minimum absolute atomic E-state index is 0.0168. The highest BCUT2D eigenvalue weighted by atomic mass is 19.1. The van der Waals surface area contributed by atoms with Gasteiger partial charge in [0.05, 0.1) is 24.6 Å². The molecule has 1 aliphatic carbocycles. The van der Waals surface area contributed by atoms with Crippen molar-refractivity contribution in [3.05, 3.63) is 63.2 Å². The Kier molecular flexibility index (Phi) is 5.90. The van der Waals surface area contributed by atoms with Gasteiger partial charge in [0.15, 0.2) is 11.6 Å². The van der Waals surface area contributed by atoms with Crippen LogP contribution in [0.4, 0.5) is 20.6 Å². The van der Waals surface area contributed by atoms with Crippen molar-refractivity contribution in [2.24, 2.45) is 0 Å². The summed E-state index contributed by atoms with van der Waals surface area (Å²) in [6.45, 7) is 1.08. The van der Waals surface area contributed by atoms with Crippen molar-refractivity contribution < 1.29 is 28.6 Å². The molecule has 11 heteroatoms. The van der Waals surface area contributed by atoms with Gasteiger partial charge >= 0.3 is 12.1 Å². The van der Waals surface area contributed by atoms with E-state index in [1.165, 1.54) is 18.2 Å². The number of methoxy groups -OCH3 is 1. The second-order valence-corrected chi connectivity index (χ2v) is 10.0. The zero-order valence-electron chi connectivity index (χ0n) is 21.1. The summed E-state index contributed by atoms with van der Waals surface area (Å²) in [7, 11) is 1.42. The highest BCUT2D eigenvalue weighted by Gasteiger charge is 2.34. The number of cyclic esters (lactones) is 1. The second kappa shape index (κ2) is 9.31. The second-order valence-electron chi connectivity index (χ2n) is 10.0. The largest absolute Gasteiger partial charge is 0.492 e. The van der Waals surface area contributed by atoms with Crippen LogP contribution in [-0.4, -0.2) is 54.6 Å². The summed E-state index contributed by atoms with van der Waals surface area (Å²) in [6.07, 6.45) is 2.79. The first kappa shape index (κ1) is 24.7. The minimum atomic E-state index is -1.35. The van der Waals surface area contributed by atoms with Crippen molar-refractivity contribution in [2.75, 3.05) is 36.5 Å². The van der Waals surface area contributed by atoms with Gasteiger partial charge in [0.1, 0.15) is 17.3 Å². The van der Waals surface area contributed by atoms with E-state index < -0.39 is 35.0 Å². The van der Waals surface area contributed by atoms with E-state index in [1.807, 2.05) is 29.2 Å². The number of nitrogens with zero attached hydrogens (tertiary/aromatic N) is 4. The number of aromatic nitrogens is 1. The Morgan fingerprint density at radius 2 is 1.92 bits per heavy atom. The van der Waals surface area contributed by atoms with Crippen LogP contribution >= 0.6 is 0 Å². The molecule has 10 nitrogen and oxygen atoms in total. The summed E-state index contributed by atoms with van der Waals surface area (Å²) < 4.78 is 28.3.